The van der Waals surface area contributed by atoms with E-state index in [0.717, 1.165) is 39.6 Å². The van der Waals surface area contributed by atoms with E-state index in [4.69, 9.17) is 4.74 Å². The van der Waals surface area contributed by atoms with Gasteiger partial charge in [0.05, 0.1) is 11.1 Å². The smallest absolute Gasteiger partial charge is 0.137 e. The third kappa shape index (κ3) is 5.56. The van der Waals surface area contributed by atoms with Crippen molar-refractivity contribution in [3.05, 3.63) is 25.6 Å². The van der Waals surface area contributed by atoms with Crippen molar-refractivity contribution in [3.63, 3.8) is 0 Å². The van der Waals surface area contributed by atoms with Crippen LogP contribution in [0.1, 0.15) is 63.1 Å². The van der Waals surface area contributed by atoms with Crippen LogP contribution >= 0.6 is 31.9 Å². The molecule has 0 aromatic heterocycles. The minimum absolute atomic E-state index is 0.729. The van der Waals surface area contributed by atoms with E-state index < -0.39 is 0 Å². The Kier molecular flexibility index (Phi) is 8.48. The lowest BCUT2D eigenvalue weighted by Gasteiger charge is -2.18. The summed E-state index contributed by atoms with van der Waals surface area (Å²) >= 11 is 7.38. The van der Waals surface area contributed by atoms with E-state index in [1.165, 1.54) is 36.0 Å². The third-order valence-corrected chi connectivity index (χ3v) is 6.57. The Hall–Kier alpha value is -0.0200. The van der Waals surface area contributed by atoms with Crippen LogP contribution in [0, 0.1) is 32.6 Å². The molecule has 1 nitrogen and oxygen atoms in total. The first kappa shape index (κ1) is 20.0. The highest BCUT2D eigenvalue weighted by Crippen LogP contribution is 2.39. The molecule has 0 radical (unpaired) electrons. The fourth-order valence-corrected chi connectivity index (χ4v) is 3.78. The largest absolute Gasteiger partial charge is 0.492 e. The van der Waals surface area contributed by atoms with E-state index >= 15 is 0 Å². The van der Waals surface area contributed by atoms with Crippen molar-refractivity contribution in [3.8, 4) is 5.75 Å². The molecule has 22 heavy (non-hydrogen) atoms. The molecule has 0 aliphatic rings. The Morgan fingerprint density at radius 2 is 1.41 bits per heavy atom. The molecule has 0 bridgehead atoms. The number of rotatable bonds is 8. The Morgan fingerprint density at radius 1 is 0.818 bits per heavy atom. The van der Waals surface area contributed by atoms with E-state index in [-0.39, 0.29) is 0 Å². The lowest BCUT2D eigenvalue weighted by atomic mass is 9.98. The van der Waals surface area contributed by atoms with Crippen LogP contribution in [0.25, 0.3) is 0 Å². The summed E-state index contributed by atoms with van der Waals surface area (Å²) in [5.41, 5.74) is 3.71. The number of hydrogen-bond acceptors (Lipinski definition) is 1. The zero-order valence-electron chi connectivity index (χ0n) is 14.9. The Labute approximate surface area is 153 Å². The zero-order chi connectivity index (χ0) is 16.9. The van der Waals surface area contributed by atoms with Crippen LogP contribution in [0.4, 0.5) is 0 Å². The van der Waals surface area contributed by atoms with Gasteiger partial charge in [-0.3, -0.25) is 0 Å². The van der Waals surface area contributed by atoms with Crippen molar-refractivity contribution in [2.45, 2.75) is 67.2 Å². The van der Waals surface area contributed by atoms with Gasteiger partial charge in [0.2, 0.25) is 0 Å². The second-order valence-electron chi connectivity index (χ2n) is 6.90. The van der Waals surface area contributed by atoms with Gasteiger partial charge in [-0.2, -0.15) is 0 Å². The highest BCUT2D eigenvalue weighted by atomic mass is 79.9. The summed E-state index contributed by atoms with van der Waals surface area (Å²) in [7, 11) is 0. The normalized spacial score (nSPS) is 12.8. The number of hydrogen-bond donors (Lipinski definition) is 0. The molecule has 1 aromatic carbocycles. The molecule has 0 N–H and O–H groups in total. The van der Waals surface area contributed by atoms with Crippen LogP contribution in [0.15, 0.2) is 8.95 Å². The van der Waals surface area contributed by atoms with Gasteiger partial charge in [0.15, 0.2) is 0 Å². The average molecular weight is 434 g/mol. The van der Waals surface area contributed by atoms with Gasteiger partial charge in [-0.15, -0.1) is 0 Å². The van der Waals surface area contributed by atoms with Gasteiger partial charge >= 0.3 is 0 Å². The summed E-state index contributed by atoms with van der Waals surface area (Å²) in [6.07, 6.45) is 5.09. The second-order valence-corrected chi connectivity index (χ2v) is 8.49. The van der Waals surface area contributed by atoms with E-state index in [9.17, 15) is 0 Å². The highest BCUT2D eigenvalue weighted by Gasteiger charge is 2.15. The van der Waals surface area contributed by atoms with Crippen LogP contribution < -0.4 is 4.74 Å². The maximum atomic E-state index is 6.11. The molecule has 0 fully saturated rings. The molecular weight excluding hydrogens is 404 g/mol. The van der Waals surface area contributed by atoms with Crippen molar-refractivity contribution in [2.24, 2.45) is 11.8 Å². The Balaban J connectivity index is 2.55. The molecule has 0 aliphatic heterocycles. The summed E-state index contributed by atoms with van der Waals surface area (Å²) in [6.45, 7) is 14.1. The van der Waals surface area contributed by atoms with Gasteiger partial charge in [0.25, 0.3) is 0 Å². The molecule has 1 aromatic rings. The van der Waals surface area contributed by atoms with Crippen LogP contribution in [-0.4, -0.2) is 6.61 Å². The number of halogens is 2. The van der Waals surface area contributed by atoms with Crippen molar-refractivity contribution >= 4 is 31.9 Å². The molecule has 0 spiro atoms. The van der Waals surface area contributed by atoms with Crippen LogP contribution in [0.3, 0.4) is 0 Å². The molecule has 0 heterocycles. The van der Waals surface area contributed by atoms with E-state index in [1.807, 2.05) is 0 Å². The third-order valence-electron chi connectivity index (χ3n) is 4.43. The molecule has 1 unspecified atom stereocenters. The van der Waals surface area contributed by atoms with Crippen LogP contribution in [0.5, 0.6) is 5.75 Å². The van der Waals surface area contributed by atoms with Crippen LogP contribution in [0.2, 0.25) is 0 Å². The quantitative estimate of drug-likeness (QED) is 0.415. The second kappa shape index (κ2) is 9.32. The molecule has 1 rings (SSSR count). The maximum absolute atomic E-state index is 6.11. The molecule has 0 amide bonds. The fourth-order valence-electron chi connectivity index (χ4n) is 2.60. The van der Waals surface area contributed by atoms with Crippen molar-refractivity contribution in [1.29, 1.82) is 0 Å². The average Bonchev–Trinajstić information content (AvgIpc) is 2.46. The van der Waals surface area contributed by atoms with E-state index in [2.05, 4.69) is 73.4 Å². The molecule has 0 aliphatic carbocycles. The lowest BCUT2D eigenvalue weighted by Crippen LogP contribution is -2.07. The lowest BCUT2D eigenvalue weighted by molar-refractivity contribution is 0.272. The Bertz CT molecular complexity index is 466. The summed E-state index contributed by atoms with van der Waals surface area (Å²) in [5, 5.41) is 0. The van der Waals surface area contributed by atoms with E-state index in [0.29, 0.717) is 0 Å². The molecule has 1 atom stereocenters. The monoisotopic (exact) mass is 432 g/mol. The first-order valence-electron chi connectivity index (χ1n) is 8.33. The standard InChI is InChI=1S/C19H30Br2O/c1-12(2)8-7-9-13(3)10-11-22-19-16(6)17(20)14(4)15(5)18(19)21/h12-13H,7-11H2,1-6H3. The maximum Gasteiger partial charge on any atom is 0.137 e. The van der Waals surface area contributed by atoms with Gasteiger partial charge in [-0.1, -0.05) is 56.0 Å². The van der Waals surface area contributed by atoms with E-state index in [1.54, 1.807) is 0 Å². The summed E-state index contributed by atoms with van der Waals surface area (Å²) in [4.78, 5) is 0. The van der Waals surface area contributed by atoms with Gasteiger partial charge in [0, 0.05) is 10.0 Å². The predicted molar refractivity (Wildman–Crippen MR) is 104 cm³/mol. The number of benzene rings is 1. The minimum Gasteiger partial charge on any atom is -0.492 e. The van der Waals surface area contributed by atoms with Crippen molar-refractivity contribution in [1.82, 2.24) is 0 Å². The summed E-state index contributed by atoms with van der Waals surface area (Å²) in [5.74, 6) is 2.53. The van der Waals surface area contributed by atoms with Gasteiger partial charge < -0.3 is 4.74 Å². The molecular formula is C19H30Br2O. The van der Waals surface area contributed by atoms with Crippen molar-refractivity contribution in [2.75, 3.05) is 6.61 Å². The highest BCUT2D eigenvalue weighted by molar-refractivity contribution is 9.11. The molecule has 3 heteroatoms. The number of ether oxygens (including phenoxy) is 1. The first-order valence-corrected chi connectivity index (χ1v) is 9.91. The van der Waals surface area contributed by atoms with Crippen LogP contribution in [-0.2, 0) is 0 Å². The minimum atomic E-state index is 0.729. The van der Waals surface area contributed by atoms with Crippen molar-refractivity contribution < 1.29 is 4.74 Å². The van der Waals surface area contributed by atoms with Gasteiger partial charge in [-0.05, 0) is 66.1 Å². The molecule has 126 valence electrons. The topological polar surface area (TPSA) is 9.23 Å². The summed E-state index contributed by atoms with van der Waals surface area (Å²) < 4.78 is 8.36. The summed E-state index contributed by atoms with van der Waals surface area (Å²) in [6, 6.07) is 0. The fraction of sp³-hybridized carbons (Fsp3) is 0.684. The predicted octanol–water partition coefficient (Wildman–Crippen LogP) is 7.37. The molecule has 0 saturated heterocycles. The SMILES string of the molecule is Cc1c(C)c(Br)c(OCCC(C)CCCC(C)C)c(C)c1Br. The first-order chi connectivity index (χ1) is 10.3. The Morgan fingerprint density at radius 3 is 2.00 bits per heavy atom. The zero-order valence-corrected chi connectivity index (χ0v) is 18.0. The molecule has 0 saturated carbocycles. The van der Waals surface area contributed by atoms with Gasteiger partial charge in [0.1, 0.15) is 5.75 Å². The van der Waals surface area contributed by atoms with Gasteiger partial charge in [-0.25, -0.2) is 0 Å².